The molecule has 0 atom stereocenters. The van der Waals surface area contributed by atoms with E-state index in [1.807, 2.05) is 26.1 Å². The minimum absolute atomic E-state index is 0.0703. The maximum atomic E-state index is 12.1. The number of nitrogens with zero attached hydrogens (tertiary/aromatic N) is 3. The smallest absolute Gasteiger partial charge is 0.264 e. The van der Waals surface area contributed by atoms with Crippen LogP contribution >= 0.6 is 11.3 Å². The third-order valence-electron chi connectivity index (χ3n) is 3.60. The lowest BCUT2D eigenvalue weighted by Gasteiger charge is -2.01. The molecule has 134 valence electrons. The number of fused-ring (bicyclic) bond motifs is 1. The van der Waals surface area contributed by atoms with Crippen LogP contribution in [0, 0.1) is 13.8 Å². The van der Waals surface area contributed by atoms with Gasteiger partial charge in [0.2, 0.25) is 0 Å². The summed E-state index contributed by atoms with van der Waals surface area (Å²) in [7, 11) is -3.45. The van der Waals surface area contributed by atoms with Crippen molar-refractivity contribution in [3.05, 3.63) is 44.6 Å². The van der Waals surface area contributed by atoms with Crippen LogP contribution in [0.15, 0.2) is 17.1 Å². The zero-order chi connectivity index (χ0) is 18.2. The SMILES string of the molecule is Cc1cc2c(=O)[nH]c(Cn3cc(CCOS(C)(=O)=O)c(C)n3)nc2s1. The van der Waals surface area contributed by atoms with Crippen molar-refractivity contribution >= 4 is 31.7 Å². The van der Waals surface area contributed by atoms with E-state index in [1.54, 1.807) is 4.68 Å². The molecule has 0 aliphatic heterocycles. The fourth-order valence-electron chi connectivity index (χ4n) is 2.51. The van der Waals surface area contributed by atoms with Crippen LogP contribution in [-0.4, -0.2) is 41.0 Å². The van der Waals surface area contributed by atoms with Crippen LogP contribution in [0.4, 0.5) is 0 Å². The lowest BCUT2D eigenvalue weighted by atomic mass is 10.2. The molecule has 3 aromatic heterocycles. The van der Waals surface area contributed by atoms with E-state index in [0.717, 1.165) is 22.4 Å². The average Bonchev–Trinajstić information content (AvgIpc) is 3.01. The van der Waals surface area contributed by atoms with Crippen molar-refractivity contribution in [2.75, 3.05) is 12.9 Å². The quantitative estimate of drug-likeness (QED) is 0.645. The van der Waals surface area contributed by atoms with Gasteiger partial charge in [-0.25, -0.2) is 4.98 Å². The predicted octanol–water partition coefficient (Wildman–Crippen LogP) is 1.36. The molecule has 10 heteroatoms. The highest BCUT2D eigenvalue weighted by molar-refractivity contribution is 7.85. The number of aromatic amines is 1. The monoisotopic (exact) mass is 382 g/mol. The van der Waals surface area contributed by atoms with E-state index >= 15 is 0 Å². The Kier molecular flexibility index (Phi) is 4.76. The molecule has 3 rings (SSSR count). The van der Waals surface area contributed by atoms with Crippen LogP contribution in [-0.2, 0) is 27.3 Å². The molecule has 0 bridgehead atoms. The maximum Gasteiger partial charge on any atom is 0.264 e. The van der Waals surface area contributed by atoms with Crippen molar-refractivity contribution in [2.45, 2.75) is 26.8 Å². The molecule has 0 unspecified atom stereocenters. The van der Waals surface area contributed by atoms with Crippen LogP contribution in [0.2, 0.25) is 0 Å². The number of thiophene rings is 1. The Hall–Kier alpha value is -2.04. The van der Waals surface area contributed by atoms with Gasteiger partial charge in [0.1, 0.15) is 10.7 Å². The van der Waals surface area contributed by atoms with Crippen LogP contribution in [0.5, 0.6) is 0 Å². The first-order valence-corrected chi connectivity index (χ1v) is 10.2. The lowest BCUT2D eigenvalue weighted by Crippen LogP contribution is -2.13. The van der Waals surface area contributed by atoms with Crippen molar-refractivity contribution in [3.8, 4) is 0 Å². The Labute approximate surface area is 148 Å². The standard InChI is InChI=1S/C15H18N4O4S2/c1-9-6-12-14(20)16-13(17-15(12)24-9)8-19-7-11(10(2)18-19)4-5-23-25(3,21)22/h6-7H,4-5,8H2,1-3H3,(H,16,17,20). The van der Waals surface area contributed by atoms with Crippen LogP contribution in [0.3, 0.4) is 0 Å². The van der Waals surface area contributed by atoms with E-state index in [0.29, 0.717) is 29.0 Å². The molecule has 0 aromatic carbocycles. The van der Waals surface area contributed by atoms with E-state index in [9.17, 15) is 13.2 Å². The minimum atomic E-state index is -3.45. The van der Waals surface area contributed by atoms with E-state index in [-0.39, 0.29) is 12.2 Å². The molecule has 1 N–H and O–H groups in total. The highest BCUT2D eigenvalue weighted by Gasteiger charge is 2.11. The predicted molar refractivity (Wildman–Crippen MR) is 95.5 cm³/mol. The summed E-state index contributed by atoms with van der Waals surface area (Å²) in [6.45, 7) is 4.18. The van der Waals surface area contributed by atoms with E-state index < -0.39 is 10.1 Å². The fraction of sp³-hybridized carbons (Fsp3) is 0.400. The van der Waals surface area contributed by atoms with Crippen LogP contribution < -0.4 is 5.56 Å². The highest BCUT2D eigenvalue weighted by atomic mass is 32.2. The van der Waals surface area contributed by atoms with Gasteiger partial charge in [-0.3, -0.25) is 13.7 Å². The van der Waals surface area contributed by atoms with Gasteiger partial charge in [0.25, 0.3) is 15.7 Å². The minimum Gasteiger partial charge on any atom is -0.308 e. The molecule has 0 aliphatic rings. The van der Waals surface area contributed by atoms with Gasteiger partial charge in [-0.2, -0.15) is 13.5 Å². The van der Waals surface area contributed by atoms with Crippen molar-refractivity contribution in [1.29, 1.82) is 0 Å². The summed E-state index contributed by atoms with van der Waals surface area (Å²) in [5.41, 5.74) is 1.52. The third kappa shape index (κ3) is 4.33. The molecule has 25 heavy (non-hydrogen) atoms. The Bertz CT molecular complexity index is 1080. The molecular formula is C15H18N4O4S2. The van der Waals surface area contributed by atoms with Crippen LogP contribution in [0.25, 0.3) is 10.2 Å². The van der Waals surface area contributed by atoms with Gasteiger partial charge in [-0.15, -0.1) is 11.3 Å². The van der Waals surface area contributed by atoms with Gasteiger partial charge < -0.3 is 4.98 Å². The zero-order valence-corrected chi connectivity index (χ0v) is 15.7. The second-order valence-corrected chi connectivity index (χ2v) is 8.68. The lowest BCUT2D eigenvalue weighted by molar-refractivity contribution is 0.325. The summed E-state index contributed by atoms with van der Waals surface area (Å²) in [5.74, 6) is 0.529. The second kappa shape index (κ2) is 6.70. The zero-order valence-electron chi connectivity index (χ0n) is 14.1. The third-order valence-corrected chi connectivity index (χ3v) is 5.14. The summed E-state index contributed by atoms with van der Waals surface area (Å²) in [6.07, 6.45) is 3.27. The summed E-state index contributed by atoms with van der Waals surface area (Å²) in [6, 6.07) is 1.83. The van der Waals surface area contributed by atoms with Crippen molar-refractivity contribution in [1.82, 2.24) is 19.7 Å². The topological polar surface area (TPSA) is 107 Å². The number of rotatable bonds is 6. The van der Waals surface area contributed by atoms with Gasteiger partial charge in [-0.05, 0) is 25.5 Å². The Morgan fingerprint density at radius 1 is 1.36 bits per heavy atom. The molecule has 0 saturated heterocycles. The Balaban J connectivity index is 1.77. The molecule has 0 radical (unpaired) electrons. The first-order chi connectivity index (χ1) is 11.7. The van der Waals surface area contributed by atoms with E-state index in [4.69, 9.17) is 4.18 Å². The van der Waals surface area contributed by atoms with Crippen molar-refractivity contribution in [2.24, 2.45) is 0 Å². The Morgan fingerprint density at radius 3 is 2.84 bits per heavy atom. The number of aromatic nitrogens is 4. The Morgan fingerprint density at radius 2 is 2.12 bits per heavy atom. The summed E-state index contributed by atoms with van der Waals surface area (Å²) >= 11 is 1.48. The molecule has 0 saturated carbocycles. The molecule has 0 aliphatic carbocycles. The van der Waals surface area contributed by atoms with Gasteiger partial charge >= 0.3 is 0 Å². The van der Waals surface area contributed by atoms with Crippen molar-refractivity contribution < 1.29 is 12.6 Å². The molecule has 0 amide bonds. The van der Waals surface area contributed by atoms with Gasteiger partial charge in [0, 0.05) is 17.5 Å². The van der Waals surface area contributed by atoms with E-state index in [2.05, 4.69) is 15.1 Å². The molecule has 3 heterocycles. The second-order valence-electron chi connectivity index (χ2n) is 5.80. The normalized spacial score (nSPS) is 12.1. The van der Waals surface area contributed by atoms with Crippen molar-refractivity contribution in [3.63, 3.8) is 0 Å². The number of hydrogen-bond acceptors (Lipinski definition) is 7. The first-order valence-electron chi connectivity index (χ1n) is 7.58. The maximum absolute atomic E-state index is 12.1. The molecular weight excluding hydrogens is 364 g/mol. The molecule has 8 nitrogen and oxygen atoms in total. The first kappa shape index (κ1) is 17.8. The number of H-pyrrole nitrogens is 1. The number of hydrogen-bond donors (Lipinski definition) is 1. The number of aryl methyl sites for hydroxylation is 2. The molecule has 0 fully saturated rings. The van der Waals surface area contributed by atoms with Gasteiger partial charge in [0.15, 0.2) is 0 Å². The summed E-state index contributed by atoms with van der Waals surface area (Å²) < 4.78 is 28.5. The van der Waals surface area contributed by atoms with Gasteiger partial charge in [0.05, 0.1) is 30.5 Å². The highest BCUT2D eigenvalue weighted by Crippen LogP contribution is 2.20. The van der Waals surface area contributed by atoms with Gasteiger partial charge in [-0.1, -0.05) is 0 Å². The molecule has 3 aromatic rings. The fourth-order valence-corrected chi connectivity index (χ4v) is 3.80. The number of nitrogens with one attached hydrogen (secondary N) is 1. The van der Waals surface area contributed by atoms with Crippen LogP contribution in [0.1, 0.15) is 22.0 Å². The average molecular weight is 382 g/mol. The molecule has 0 spiro atoms. The largest absolute Gasteiger partial charge is 0.308 e. The van der Waals surface area contributed by atoms with E-state index in [1.165, 1.54) is 11.3 Å². The summed E-state index contributed by atoms with van der Waals surface area (Å²) in [5, 5.41) is 4.99. The summed E-state index contributed by atoms with van der Waals surface area (Å²) in [4.78, 5) is 21.1.